The van der Waals surface area contributed by atoms with Crippen molar-refractivity contribution >= 4 is 5.78 Å². The second-order valence-corrected chi connectivity index (χ2v) is 6.63. The van der Waals surface area contributed by atoms with Gasteiger partial charge in [0.05, 0.1) is 0 Å². The van der Waals surface area contributed by atoms with E-state index in [-0.39, 0.29) is 5.41 Å². The quantitative estimate of drug-likeness (QED) is 0.733. The maximum absolute atomic E-state index is 11.8. The molecule has 2 atom stereocenters. The normalized spacial score (nSPS) is 30.7. The molecule has 2 unspecified atom stereocenters. The van der Waals surface area contributed by atoms with Gasteiger partial charge >= 0.3 is 0 Å². The summed E-state index contributed by atoms with van der Waals surface area (Å²) < 4.78 is 0. The average Bonchev–Trinajstić information content (AvgIpc) is 2.71. The van der Waals surface area contributed by atoms with Crippen LogP contribution in [0.3, 0.4) is 0 Å². The summed E-state index contributed by atoms with van der Waals surface area (Å²) >= 11 is 0. The lowest BCUT2D eigenvalue weighted by Gasteiger charge is -2.20. The molecule has 1 heterocycles. The number of carbonyl (C=O) groups is 1. The highest BCUT2D eigenvalue weighted by atomic mass is 16.1. The first-order chi connectivity index (χ1) is 7.47. The number of hydrogen-bond acceptors (Lipinski definition) is 2. The fraction of sp³-hybridized carbons (Fsp3) is 0.929. The number of rotatable bonds is 3. The number of fused-ring (bicyclic) bond motifs is 1. The van der Waals surface area contributed by atoms with Crippen LogP contribution in [-0.4, -0.2) is 30.3 Å². The second kappa shape index (κ2) is 4.48. The molecule has 0 radical (unpaired) electrons. The molecule has 1 aliphatic heterocycles. The molecule has 2 fully saturated rings. The summed E-state index contributed by atoms with van der Waals surface area (Å²) in [7, 11) is 0. The molecule has 0 N–H and O–H groups in total. The van der Waals surface area contributed by atoms with E-state index in [9.17, 15) is 4.79 Å². The van der Waals surface area contributed by atoms with Crippen LogP contribution in [-0.2, 0) is 4.79 Å². The van der Waals surface area contributed by atoms with Gasteiger partial charge in [0.15, 0.2) is 0 Å². The summed E-state index contributed by atoms with van der Waals surface area (Å²) in [5.41, 5.74) is -0.157. The summed E-state index contributed by atoms with van der Waals surface area (Å²) in [6.45, 7) is 9.56. The van der Waals surface area contributed by atoms with Crippen LogP contribution in [0.4, 0.5) is 0 Å². The topological polar surface area (TPSA) is 20.3 Å². The standard InChI is InChI=1S/C14H25NO/c1-14(2,3)13(16)7-8-15-9-11-5-4-6-12(11)10-15/h11-12H,4-10H2,1-3H3. The molecule has 0 amide bonds. The van der Waals surface area contributed by atoms with Crippen LogP contribution in [0.1, 0.15) is 46.5 Å². The van der Waals surface area contributed by atoms with Crippen molar-refractivity contribution in [3.63, 3.8) is 0 Å². The van der Waals surface area contributed by atoms with Gasteiger partial charge in [0.1, 0.15) is 5.78 Å². The Morgan fingerprint density at radius 1 is 1.19 bits per heavy atom. The first-order valence-corrected chi connectivity index (χ1v) is 6.72. The molecule has 1 saturated heterocycles. The maximum atomic E-state index is 11.8. The molecule has 2 rings (SSSR count). The highest BCUT2D eigenvalue weighted by Crippen LogP contribution is 2.37. The Morgan fingerprint density at radius 2 is 1.75 bits per heavy atom. The van der Waals surface area contributed by atoms with Crippen LogP contribution < -0.4 is 0 Å². The predicted molar refractivity (Wildman–Crippen MR) is 66.4 cm³/mol. The maximum Gasteiger partial charge on any atom is 0.139 e. The minimum Gasteiger partial charge on any atom is -0.302 e. The van der Waals surface area contributed by atoms with Gasteiger partial charge in [-0.25, -0.2) is 0 Å². The van der Waals surface area contributed by atoms with E-state index in [0.717, 1.165) is 24.8 Å². The lowest BCUT2D eigenvalue weighted by atomic mass is 9.89. The van der Waals surface area contributed by atoms with Crippen LogP contribution in [0.5, 0.6) is 0 Å². The summed E-state index contributed by atoms with van der Waals surface area (Å²) in [5, 5.41) is 0. The molecule has 0 aromatic rings. The SMILES string of the molecule is CC(C)(C)C(=O)CCN1CC2CCCC2C1. The number of ketones is 1. The third-order valence-electron chi connectivity index (χ3n) is 4.29. The first kappa shape index (κ1) is 12.1. The minimum atomic E-state index is -0.157. The van der Waals surface area contributed by atoms with Gasteiger partial charge in [-0.1, -0.05) is 27.2 Å². The van der Waals surface area contributed by atoms with Crippen LogP contribution >= 0.6 is 0 Å². The molecule has 1 aliphatic carbocycles. The van der Waals surface area contributed by atoms with Crippen LogP contribution in [0, 0.1) is 17.3 Å². The van der Waals surface area contributed by atoms with Crippen molar-refractivity contribution in [2.24, 2.45) is 17.3 Å². The van der Waals surface area contributed by atoms with E-state index in [1.54, 1.807) is 0 Å². The molecule has 0 bridgehead atoms. The molecular weight excluding hydrogens is 198 g/mol. The molecule has 0 aromatic carbocycles. The van der Waals surface area contributed by atoms with Crippen molar-refractivity contribution in [2.75, 3.05) is 19.6 Å². The molecule has 1 saturated carbocycles. The minimum absolute atomic E-state index is 0.157. The van der Waals surface area contributed by atoms with E-state index in [0.29, 0.717) is 5.78 Å². The molecule has 0 spiro atoms. The third-order valence-corrected chi connectivity index (χ3v) is 4.29. The zero-order chi connectivity index (χ0) is 11.8. The Morgan fingerprint density at radius 3 is 2.25 bits per heavy atom. The number of hydrogen-bond donors (Lipinski definition) is 0. The highest BCUT2D eigenvalue weighted by Gasteiger charge is 2.36. The zero-order valence-electron chi connectivity index (χ0n) is 11.0. The van der Waals surface area contributed by atoms with E-state index in [2.05, 4.69) is 4.90 Å². The Hall–Kier alpha value is -0.370. The second-order valence-electron chi connectivity index (χ2n) is 6.63. The van der Waals surface area contributed by atoms with Crippen molar-refractivity contribution in [3.05, 3.63) is 0 Å². The predicted octanol–water partition coefficient (Wildman–Crippen LogP) is 2.72. The number of nitrogens with zero attached hydrogens (tertiary/aromatic N) is 1. The summed E-state index contributed by atoms with van der Waals surface area (Å²) in [6, 6.07) is 0. The van der Waals surface area contributed by atoms with Crippen LogP contribution in [0.25, 0.3) is 0 Å². The van der Waals surface area contributed by atoms with E-state index < -0.39 is 0 Å². The van der Waals surface area contributed by atoms with Gasteiger partial charge < -0.3 is 4.90 Å². The van der Waals surface area contributed by atoms with Crippen molar-refractivity contribution < 1.29 is 4.79 Å². The number of Topliss-reactive ketones (excluding diaryl/α,β-unsaturated/α-hetero) is 1. The Kier molecular flexibility index (Phi) is 3.39. The fourth-order valence-corrected chi connectivity index (χ4v) is 3.15. The monoisotopic (exact) mass is 223 g/mol. The summed E-state index contributed by atoms with van der Waals surface area (Å²) in [4.78, 5) is 14.4. The highest BCUT2D eigenvalue weighted by molar-refractivity contribution is 5.83. The molecule has 2 nitrogen and oxygen atoms in total. The van der Waals surface area contributed by atoms with E-state index in [4.69, 9.17) is 0 Å². The number of carbonyl (C=O) groups excluding carboxylic acids is 1. The fourth-order valence-electron chi connectivity index (χ4n) is 3.15. The van der Waals surface area contributed by atoms with Crippen LogP contribution in [0.2, 0.25) is 0 Å². The van der Waals surface area contributed by atoms with Crippen molar-refractivity contribution in [2.45, 2.75) is 46.5 Å². The first-order valence-electron chi connectivity index (χ1n) is 6.72. The largest absolute Gasteiger partial charge is 0.302 e. The zero-order valence-corrected chi connectivity index (χ0v) is 11.0. The van der Waals surface area contributed by atoms with E-state index in [1.807, 2.05) is 20.8 Å². The number of likely N-dealkylation sites (tertiary alicyclic amines) is 1. The third kappa shape index (κ3) is 2.65. The van der Waals surface area contributed by atoms with Crippen LogP contribution in [0.15, 0.2) is 0 Å². The van der Waals surface area contributed by atoms with Gasteiger partial charge in [-0.2, -0.15) is 0 Å². The Balaban J connectivity index is 1.74. The lowest BCUT2D eigenvalue weighted by molar-refractivity contribution is -0.126. The van der Waals surface area contributed by atoms with E-state index >= 15 is 0 Å². The Labute approximate surface area is 99.4 Å². The average molecular weight is 223 g/mol. The van der Waals surface area contributed by atoms with Crippen molar-refractivity contribution in [3.8, 4) is 0 Å². The Bertz CT molecular complexity index is 254. The molecule has 0 aromatic heterocycles. The van der Waals surface area contributed by atoms with Gasteiger partial charge in [-0.3, -0.25) is 4.79 Å². The van der Waals surface area contributed by atoms with Gasteiger partial charge in [-0.15, -0.1) is 0 Å². The molecular formula is C14H25NO. The van der Waals surface area contributed by atoms with Gasteiger partial charge in [0.2, 0.25) is 0 Å². The van der Waals surface area contributed by atoms with E-state index in [1.165, 1.54) is 32.4 Å². The van der Waals surface area contributed by atoms with Crippen molar-refractivity contribution in [1.29, 1.82) is 0 Å². The van der Waals surface area contributed by atoms with Gasteiger partial charge in [0.25, 0.3) is 0 Å². The molecule has 16 heavy (non-hydrogen) atoms. The molecule has 92 valence electrons. The smallest absolute Gasteiger partial charge is 0.139 e. The molecule has 2 heteroatoms. The molecule has 2 aliphatic rings. The summed E-state index contributed by atoms with van der Waals surface area (Å²) in [6.07, 6.45) is 5.02. The van der Waals surface area contributed by atoms with Gasteiger partial charge in [0, 0.05) is 31.5 Å². The lowest BCUT2D eigenvalue weighted by Crippen LogP contribution is -2.28. The van der Waals surface area contributed by atoms with Crippen molar-refractivity contribution in [1.82, 2.24) is 4.90 Å². The summed E-state index contributed by atoms with van der Waals surface area (Å²) in [5.74, 6) is 2.30. The van der Waals surface area contributed by atoms with Gasteiger partial charge in [-0.05, 0) is 24.7 Å².